The number of hydrogen-bond acceptors (Lipinski definition) is 2. The van der Waals surface area contributed by atoms with Crippen LogP contribution in [0, 0.1) is 52.8 Å². The summed E-state index contributed by atoms with van der Waals surface area (Å²) >= 11 is 0. The molecule has 2 fully saturated rings. The zero-order valence-electron chi connectivity index (χ0n) is 32.9. The van der Waals surface area contributed by atoms with Crippen LogP contribution in [-0.4, -0.2) is 25.8 Å². The van der Waals surface area contributed by atoms with Gasteiger partial charge in [-0.25, -0.2) is 0 Å². The van der Waals surface area contributed by atoms with E-state index in [4.69, 9.17) is 0 Å². The van der Waals surface area contributed by atoms with Crippen molar-refractivity contribution in [3.05, 3.63) is 59.3 Å². The van der Waals surface area contributed by atoms with Crippen LogP contribution in [0.1, 0.15) is 162 Å². The molecule has 4 aliphatic carbocycles. The molecule has 1 N–H and O–H groups in total. The molecule has 278 valence electrons. The maximum absolute atomic E-state index is 4.54. The van der Waals surface area contributed by atoms with Gasteiger partial charge in [-0.05, 0) is 194 Å². The number of nitrogens with one attached hydrogen (secondary N) is 1. The molecule has 0 aromatic rings. The van der Waals surface area contributed by atoms with Gasteiger partial charge in [-0.15, -0.1) is 0 Å². The summed E-state index contributed by atoms with van der Waals surface area (Å²) in [6.45, 7) is 10.8. The number of aliphatic imine (C=N–C) groups is 1. The van der Waals surface area contributed by atoms with E-state index >= 15 is 0 Å². The average Bonchev–Trinajstić information content (AvgIpc) is 3.92. The number of nitrogens with zero attached hydrogens (tertiary/aromatic N) is 1. The molecule has 0 aromatic heterocycles. The minimum Gasteiger partial charge on any atom is -0.316 e. The Morgan fingerprint density at radius 1 is 0.880 bits per heavy atom. The summed E-state index contributed by atoms with van der Waals surface area (Å²) in [5.74, 6) is 7.11. The molecule has 0 spiro atoms. The van der Waals surface area contributed by atoms with Crippen LogP contribution in [0.5, 0.6) is 0 Å². The predicted octanol–water partition coefficient (Wildman–Crippen LogP) is 13.2. The lowest BCUT2D eigenvalue weighted by Crippen LogP contribution is -2.28. The summed E-state index contributed by atoms with van der Waals surface area (Å²) in [6.07, 6.45) is 50.2. The molecule has 2 aliphatic heterocycles. The summed E-state index contributed by atoms with van der Waals surface area (Å²) < 4.78 is 0. The van der Waals surface area contributed by atoms with Gasteiger partial charge in [0.25, 0.3) is 0 Å². The van der Waals surface area contributed by atoms with Gasteiger partial charge in [0.2, 0.25) is 0 Å². The van der Waals surface area contributed by atoms with Gasteiger partial charge in [0.1, 0.15) is 0 Å². The molecule has 0 radical (unpaired) electrons. The van der Waals surface area contributed by atoms with Gasteiger partial charge in [0, 0.05) is 6.54 Å². The highest BCUT2D eigenvalue weighted by Crippen LogP contribution is 2.46. The number of hydrogen-bond donors (Lipinski definition) is 1. The van der Waals surface area contributed by atoms with E-state index in [1.54, 1.807) is 16.7 Å². The Morgan fingerprint density at radius 3 is 2.46 bits per heavy atom. The molecular formula is C48H76N2. The summed E-state index contributed by atoms with van der Waals surface area (Å²) in [6, 6.07) is 0. The van der Waals surface area contributed by atoms with Crippen molar-refractivity contribution in [2.45, 2.75) is 162 Å². The first kappa shape index (κ1) is 38.1. The van der Waals surface area contributed by atoms with E-state index < -0.39 is 0 Å². The molecule has 7 atom stereocenters. The van der Waals surface area contributed by atoms with E-state index in [0.29, 0.717) is 11.3 Å². The third-order valence-electron chi connectivity index (χ3n) is 15.2. The van der Waals surface area contributed by atoms with Crippen LogP contribution in [-0.2, 0) is 0 Å². The van der Waals surface area contributed by atoms with Crippen LogP contribution in [0.4, 0.5) is 0 Å². The van der Waals surface area contributed by atoms with E-state index in [9.17, 15) is 0 Å². The molecule has 2 nitrogen and oxygen atoms in total. The predicted molar refractivity (Wildman–Crippen MR) is 218 cm³/mol. The largest absolute Gasteiger partial charge is 0.316 e. The van der Waals surface area contributed by atoms with Gasteiger partial charge in [-0.2, -0.15) is 0 Å². The summed E-state index contributed by atoms with van der Waals surface area (Å²) in [7, 11) is 0. The summed E-state index contributed by atoms with van der Waals surface area (Å²) in [5.41, 5.74) is 5.62. The Hall–Kier alpha value is -1.67. The van der Waals surface area contributed by atoms with Crippen molar-refractivity contribution in [1.82, 2.24) is 5.32 Å². The lowest BCUT2D eigenvalue weighted by atomic mass is 9.66. The second-order valence-corrected chi connectivity index (χ2v) is 18.3. The molecule has 50 heavy (non-hydrogen) atoms. The molecule has 1 saturated carbocycles. The van der Waals surface area contributed by atoms with Crippen LogP contribution >= 0.6 is 0 Å². The first-order valence-electron chi connectivity index (χ1n) is 22.1. The second kappa shape index (κ2) is 19.4. The highest BCUT2D eigenvalue weighted by atomic mass is 14.9. The highest BCUT2D eigenvalue weighted by Gasteiger charge is 2.35. The molecule has 0 aromatic carbocycles. The molecule has 2 heterocycles. The zero-order valence-corrected chi connectivity index (χ0v) is 32.9. The van der Waals surface area contributed by atoms with Crippen LogP contribution < -0.4 is 5.32 Å². The van der Waals surface area contributed by atoms with Gasteiger partial charge in [0.05, 0.1) is 0 Å². The van der Waals surface area contributed by atoms with E-state index in [1.165, 1.54) is 154 Å². The van der Waals surface area contributed by atoms with Gasteiger partial charge < -0.3 is 5.32 Å². The van der Waals surface area contributed by atoms with Gasteiger partial charge in [-0.3, -0.25) is 4.99 Å². The van der Waals surface area contributed by atoms with E-state index in [-0.39, 0.29) is 0 Å². The smallest absolute Gasteiger partial charge is 0.0419 e. The van der Waals surface area contributed by atoms with Crippen LogP contribution in [0.25, 0.3) is 0 Å². The normalized spacial score (nSPS) is 34.1. The fourth-order valence-corrected chi connectivity index (χ4v) is 11.5. The standard InChI is InChI=1S/C48H76N2/c1-4-12-39(46-28-31-49-35-46)17-7-6-13-37-15-10-18-44(33-37)42-24-20-40(21-25-42)41-22-26-43(27-23-41)45-19-11-16-38(34-45)14-8-9-30-48(3,5-2)47-29-32-50-36-47/h6,8-9,13,16,24,31,33,39-41,43-47,50H,4-5,7,10-12,14-15,17-23,25-30,32,34-36H2,1-3H3/b9-8-,13-6+/t39?,40-,41?,43?,44?,45-,46?,47?,48?/m0/s1. The van der Waals surface area contributed by atoms with E-state index in [1.807, 2.05) is 0 Å². The minimum absolute atomic E-state index is 0.467. The quantitative estimate of drug-likeness (QED) is 0.161. The fourth-order valence-electron chi connectivity index (χ4n) is 11.5. The maximum atomic E-state index is 4.54. The first-order valence-corrected chi connectivity index (χ1v) is 22.1. The van der Waals surface area contributed by atoms with E-state index in [2.05, 4.69) is 79.8 Å². The van der Waals surface area contributed by atoms with Crippen LogP contribution in [0.2, 0.25) is 0 Å². The lowest BCUT2D eigenvalue weighted by Gasteiger charge is -2.40. The van der Waals surface area contributed by atoms with Gasteiger partial charge in [-0.1, -0.05) is 99.3 Å². The van der Waals surface area contributed by atoms with Crippen molar-refractivity contribution in [2.24, 2.45) is 57.8 Å². The molecule has 0 amide bonds. The topological polar surface area (TPSA) is 24.4 Å². The van der Waals surface area contributed by atoms with Crippen LogP contribution in [0.15, 0.2) is 64.2 Å². The fraction of sp³-hybridized carbons (Fsp3) is 0.771. The number of allylic oxidation sites excluding steroid dienone is 10. The van der Waals surface area contributed by atoms with E-state index in [0.717, 1.165) is 48.0 Å². The molecule has 6 aliphatic rings. The third-order valence-corrected chi connectivity index (χ3v) is 15.2. The Kier molecular flexibility index (Phi) is 14.8. The molecular weight excluding hydrogens is 605 g/mol. The Bertz CT molecular complexity index is 1210. The summed E-state index contributed by atoms with van der Waals surface area (Å²) in [4.78, 5) is 4.54. The van der Waals surface area contributed by atoms with Crippen molar-refractivity contribution in [3.8, 4) is 0 Å². The lowest BCUT2D eigenvalue weighted by molar-refractivity contribution is 0.147. The van der Waals surface area contributed by atoms with Crippen molar-refractivity contribution in [2.75, 3.05) is 19.6 Å². The first-order chi connectivity index (χ1) is 24.5. The molecule has 6 rings (SSSR count). The maximum Gasteiger partial charge on any atom is 0.0419 e. The van der Waals surface area contributed by atoms with Gasteiger partial charge >= 0.3 is 0 Å². The highest BCUT2D eigenvalue weighted by molar-refractivity contribution is 5.59. The monoisotopic (exact) mass is 681 g/mol. The Balaban J connectivity index is 0.901. The minimum atomic E-state index is 0.467. The summed E-state index contributed by atoms with van der Waals surface area (Å²) in [5, 5.41) is 3.60. The second-order valence-electron chi connectivity index (χ2n) is 18.3. The zero-order chi connectivity index (χ0) is 34.6. The third kappa shape index (κ3) is 10.5. The molecule has 1 saturated heterocycles. The number of rotatable bonds is 16. The van der Waals surface area contributed by atoms with Crippen molar-refractivity contribution in [3.63, 3.8) is 0 Å². The van der Waals surface area contributed by atoms with Crippen molar-refractivity contribution >= 4 is 6.21 Å². The molecule has 5 unspecified atom stereocenters. The average molecular weight is 681 g/mol. The molecule has 2 heteroatoms. The SMILES string of the molecule is CCCC(CC/C=C/C1=CC(C2=CC[C@H](C3CCC([C@H]4CCC=C(C/C=C\CC(C)(CC)C5CCNC5)C4)CC3)CC2)CCC1)C1CC=NC1. The van der Waals surface area contributed by atoms with Crippen LogP contribution in [0.3, 0.4) is 0 Å². The molecule has 0 bridgehead atoms. The van der Waals surface area contributed by atoms with Crippen molar-refractivity contribution < 1.29 is 0 Å². The Labute approximate surface area is 309 Å². The van der Waals surface area contributed by atoms with Gasteiger partial charge in [0.15, 0.2) is 0 Å². The Morgan fingerprint density at radius 2 is 1.74 bits per heavy atom. The van der Waals surface area contributed by atoms with Crippen molar-refractivity contribution in [1.29, 1.82) is 0 Å².